The summed E-state index contributed by atoms with van der Waals surface area (Å²) in [5, 5.41) is 22.3. The van der Waals surface area contributed by atoms with Gasteiger partial charge in [0, 0.05) is 24.8 Å². The Balaban J connectivity index is 2.59. The molecule has 0 aliphatic heterocycles. The number of aryl methyl sites for hydroxylation is 1. The second-order valence-corrected chi connectivity index (χ2v) is 6.16. The van der Waals surface area contributed by atoms with Crippen molar-refractivity contribution >= 4 is 0 Å². The molecule has 3 N–H and O–H groups in total. The quantitative estimate of drug-likeness (QED) is 0.710. The highest BCUT2D eigenvalue weighted by Gasteiger charge is 2.19. The molecule has 0 spiro atoms. The van der Waals surface area contributed by atoms with Crippen LogP contribution < -0.4 is 5.32 Å². The molecule has 0 radical (unpaired) electrons. The fraction of sp³-hybridized carbons (Fsp3) is 0.625. The first-order chi connectivity index (χ1) is 8.85. The summed E-state index contributed by atoms with van der Waals surface area (Å²) in [4.78, 5) is 0. The van der Waals surface area contributed by atoms with Crippen LogP contribution in [-0.2, 0) is 0 Å². The molecule has 108 valence electrons. The molecular formula is C16H27NO2. The summed E-state index contributed by atoms with van der Waals surface area (Å²) in [6.45, 7) is 9.59. The average molecular weight is 265 g/mol. The van der Waals surface area contributed by atoms with Crippen LogP contribution in [-0.4, -0.2) is 23.4 Å². The maximum absolute atomic E-state index is 9.90. The minimum atomic E-state index is 0.119. The standard InChI is InChI=1S/C16H27NO2/c1-12-6-7-15(19)14(10-12)13(2)17-11-16(3,4)8-5-9-18/h6-7,10,13,17-19H,5,8-9,11H2,1-4H3. The van der Waals surface area contributed by atoms with Gasteiger partial charge in [-0.25, -0.2) is 0 Å². The molecule has 19 heavy (non-hydrogen) atoms. The minimum Gasteiger partial charge on any atom is -0.508 e. The van der Waals surface area contributed by atoms with Crippen LogP contribution in [0.3, 0.4) is 0 Å². The summed E-state index contributed by atoms with van der Waals surface area (Å²) in [6, 6.07) is 5.80. The summed E-state index contributed by atoms with van der Waals surface area (Å²) >= 11 is 0. The normalized spacial score (nSPS) is 13.5. The molecule has 3 nitrogen and oxygen atoms in total. The first-order valence-electron chi connectivity index (χ1n) is 6.99. The summed E-state index contributed by atoms with van der Waals surface area (Å²) < 4.78 is 0. The maximum atomic E-state index is 9.90. The van der Waals surface area contributed by atoms with Crippen molar-refractivity contribution in [2.45, 2.75) is 46.6 Å². The number of aromatic hydroxyl groups is 1. The van der Waals surface area contributed by atoms with Gasteiger partial charge in [-0.15, -0.1) is 0 Å². The Kier molecular flexibility index (Phi) is 5.83. The molecule has 0 aliphatic rings. The van der Waals surface area contributed by atoms with E-state index in [1.807, 2.05) is 19.1 Å². The lowest BCUT2D eigenvalue weighted by molar-refractivity contribution is 0.232. The van der Waals surface area contributed by atoms with Gasteiger partial charge in [-0.05, 0) is 38.2 Å². The van der Waals surface area contributed by atoms with Crippen molar-refractivity contribution in [1.82, 2.24) is 5.32 Å². The summed E-state index contributed by atoms with van der Waals surface area (Å²) in [5.41, 5.74) is 2.25. The zero-order valence-electron chi connectivity index (χ0n) is 12.5. The van der Waals surface area contributed by atoms with Crippen LogP contribution in [0.2, 0.25) is 0 Å². The summed E-state index contributed by atoms with van der Waals surface area (Å²) in [7, 11) is 0. The van der Waals surface area contributed by atoms with Gasteiger partial charge in [0.15, 0.2) is 0 Å². The molecule has 1 aromatic rings. The number of phenolic OH excluding ortho intramolecular Hbond substituents is 1. The smallest absolute Gasteiger partial charge is 0.120 e. The summed E-state index contributed by atoms with van der Waals surface area (Å²) in [6.07, 6.45) is 1.82. The third-order valence-electron chi connectivity index (χ3n) is 3.55. The molecule has 1 unspecified atom stereocenters. The number of benzene rings is 1. The van der Waals surface area contributed by atoms with Crippen molar-refractivity contribution in [3.8, 4) is 5.75 Å². The van der Waals surface area contributed by atoms with Crippen molar-refractivity contribution in [3.05, 3.63) is 29.3 Å². The largest absolute Gasteiger partial charge is 0.508 e. The molecule has 1 atom stereocenters. The highest BCUT2D eigenvalue weighted by Crippen LogP contribution is 2.27. The predicted octanol–water partition coefficient (Wildman–Crippen LogP) is 3.15. The highest BCUT2D eigenvalue weighted by molar-refractivity contribution is 5.37. The molecule has 0 fully saturated rings. The second kappa shape index (κ2) is 6.92. The van der Waals surface area contributed by atoms with Crippen LogP contribution >= 0.6 is 0 Å². The molecule has 0 saturated heterocycles. The van der Waals surface area contributed by atoms with Crippen LogP contribution in [0.15, 0.2) is 18.2 Å². The maximum Gasteiger partial charge on any atom is 0.120 e. The van der Waals surface area contributed by atoms with Gasteiger partial charge in [-0.3, -0.25) is 0 Å². The number of phenols is 1. The van der Waals surface area contributed by atoms with Crippen LogP contribution in [0, 0.1) is 12.3 Å². The highest BCUT2D eigenvalue weighted by atomic mass is 16.3. The van der Waals surface area contributed by atoms with Gasteiger partial charge in [0.25, 0.3) is 0 Å². The van der Waals surface area contributed by atoms with E-state index in [1.54, 1.807) is 6.07 Å². The fourth-order valence-corrected chi connectivity index (χ4v) is 2.21. The van der Waals surface area contributed by atoms with E-state index in [0.717, 1.165) is 30.5 Å². The van der Waals surface area contributed by atoms with Crippen LogP contribution in [0.5, 0.6) is 5.75 Å². The monoisotopic (exact) mass is 265 g/mol. The molecule has 3 heteroatoms. The lowest BCUT2D eigenvalue weighted by Crippen LogP contribution is -2.31. The number of rotatable bonds is 7. The number of nitrogens with one attached hydrogen (secondary N) is 1. The zero-order valence-corrected chi connectivity index (χ0v) is 12.5. The van der Waals surface area contributed by atoms with Gasteiger partial charge in [0.2, 0.25) is 0 Å². The Morgan fingerprint density at radius 1 is 1.32 bits per heavy atom. The number of aliphatic hydroxyl groups is 1. The first-order valence-corrected chi connectivity index (χ1v) is 6.99. The molecular weight excluding hydrogens is 238 g/mol. The lowest BCUT2D eigenvalue weighted by atomic mass is 9.87. The van der Waals surface area contributed by atoms with E-state index in [1.165, 1.54) is 0 Å². The Morgan fingerprint density at radius 2 is 2.00 bits per heavy atom. The molecule has 0 amide bonds. The molecule has 1 rings (SSSR count). The van der Waals surface area contributed by atoms with Gasteiger partial charge >= 0.3 is 0 Å². The predicted molar refractivity (Wildman–Crippen MR) is 79.4 cm³/mol. The average Bonchev–Trinajstić information content (AvgIpc) is 2.36. The van der Waals surface area contributed by atoms with Crippen molar-refractivity contribution in [2.75, 3.05) is 13.2 Å². The Hall–Kier alpha value is -1.06. The second-order valence-electron chi connectivity index (χ2n) is 6.16. The lowest BCUT2D eigenvalue weighted by Gasteiger charge is -2.27. The first kappa shape index (κ1) is 16.0. The fourth-order valence-electron chi connectivity index (χ4n) is 2.21. The molecule has 0 bridgehead atoms. The van der Waals surface area contributed by atoms with Crippen molar-refractivity contribution in [1.29, 1.82) is 0 Å². The molecule has 0 saturated carbocycles. The summed E-state index contributed by atoms with van der Waals surface area (Å²) in [5.74, 6) is 0.346. The molecule has 0 aromatic heterocycles. The molecule has 0 aliphatic carbocycles. The van der Waals surface area contributed by atoms with Crippen molar-refractivity contribution in [3.63, 3.8) is 0 Å². The zero-order chi connectivity index (χ0) is 14.5. The van der Waals surface area contributed by atoms with E-state index in [4.69, 9.17) is 5.11 Å². The third kappa shape index (κ3) is 5.21. The molecule has 1 aromatic carbocycles. The van der Waals surface area contributed by atoms with E-state index in [-0.39, 0.29) is 18.1 Å². The minimum absolute atomic E-state index is 0.119. The van der Waals surface area contributed by atoms with Crippen LogP contribution in [0.4, 0.5) is 0 Å². The van der Waals surface area contributed by atoms with Crippen molar-refractivity contribution < 1.29 is 10.2 Å². The van der Waals surface area contributed by atoms with E-state index >= 15 is 0 Å². The number of hydrogen-bond donors (Lipinski definition) is 3. The van der Waals surface area contributed by atoms with Crippen molar-refractivity contribution in [2.24, 2.45) is 5.41 Å². The van der Waals surface area contributed by atoms with Crippen LogP contribution in [0.25, 0.3) is 0 Å². The van der Waals surface area contributed by atoms with Crippen LogP contribution in [0.1, 0.15) is 50.8 Å². The van der Waals surface area contributed by atoms with Gasteiger partial charge in [-0.1, -0.05) is 31.5 Å². The number of hydrogen-bond acceptors (Lipinski definition) is 3. The number of aliphatic hydroxyl groups excluding tert-OH is 1. The van der Waals surface area contributed by atoms with E-state index in [2.05, 4.69) is 26.1 Å². The third-order valence-corrected chi connectivity index (χ3v) is 3.55. The van der Waals surface area contributed by atoms with Gasteiger partial charge in [0.05, 0.1) is 0 Å². The van der Waals surface area contributed by atoms with Gasteiger partial charge < -0.3 is 15.5 Å². The van der Waals surface area contributed by atoms with Gasteiger partial charge in [-0.2, -0.15) is 0 Å². The van der Waals surface area contributed by atoms with E-state index in [0.29, 0.717) is 5.75 Å². The topological polar surface area (TPSA) is 52.5 Å². The Morgan fingerprint density at radius 3 is 2.63 bits per heavy atom. The van der Waals surface area contributed by atoms with E-state index in [9.17, 15) is 5.11 Å². The van der Waals surface area contributed by atoms with Gasteiger partial charge in [0.1, 0.15) is 5.75 Å². The molecule has 0 heterocycles. The SMILES string of the molecule is Cc1ccc(O)c(C(C)NCC(C)(C)CCCO)c1. The Labute approximate surface area is 116 Å². The Bertz CT molecular complexity index is 402. The van der Waals surface area contributed by atoms with E-state index < -0.39 is 0 Å².